The molecule has 4 aromatic rings. The van der Waals surface area contributed by atoms with Gasteiger partial charge in [0, 0.05) is 21.5 Å². The second-order valence-electron chi connectivity index (χ2n) is 7.11. The van der Waals surface area contributed by atoms with Crippen molar-refractivity contribution in [3.8, 4) is 0 Å². The molecule has 30 heavy (non-hydrogen) atoms. The number of carbonyl (C=O) groups is 1. The van der Waals surface area contributed by atoms with E-state index in [2.05, 4.69) is 0 Å². The van der Waals surface area contributed by atoms with Crippen LogP contribution in [0.15, 0.2) is 65.6 Å². The van der Waals surface area contributed by atoms with Crippen molar-refractivity contribution in [1.82, 2.24) is 3.97 Å². The van der Waals surface area contributed by atoms with Gasteiger partial charge >= 0.3 is 5.97 Å². The minimum Gasteiger partial charge on any atom is -0.469 e. The maximum Gasteiger partial charge on any atom is 0.305 e. The number of benzene rings is 3. The molecule has 0 aliphatic carbocycles. The summed E-state index contributed by atoms with van der Waals surface area (Å²) in [6.45, 7) is 1.95. The number of aryl methyl sites for hydroxylation is 2. The van der Waals surface area contributed by atoms with Gasteiger partial charge < -0.3 is 4.74 Å². The van der Waals surface area contributed by atoms with Gasteiger partial charge in [0.05, 0.1) is 23.9 Å². The highest BCUT2D eigenvalue weighted by Gasteiger charge is 2.25. The lowest BCUT2D eigenvalue weighted by molar-refractivity contribution is -0.140. The average Bonchev–Trinajstić information content (AvgIpc) is 3.10. The standard InChI is InChI=1S/C23H20ClNO4S/c1-15-7-11-22(20-6-4-3-5-19(15)20)30(27,28)25-18(9-12-23(26)29-2)14-16-13-17(24)8-10-21(16)25/h3-8,10-11,13-14H,9,12H2,1-2H3. The molecular weight excluding hydrogens is 422 g/mol. The van der Waals surface area contributed by atoms with E-state index in [4.69, 9.17) is 16.3 Å². The van der Waals surface area contributed by atoms with Crippen molar-refractivity contribution in [1.29, 1.82) is 0 Å². The number of rotatable bonds is 5. The SMILES string of the molecule is COC(=O)CCc1cc2cc(Cl)ccc2n1S(=O)(=O)c1ccc(C)c2ccccc12. The quantitative estimate of drug-likeness (QED) is 0.404. The molecule has 0 atom stereocenters. The number of hydrogen-bond acceptors (Lipinski definition) is 4. The lowest BCUT2D eigenvalue weighted by atomic mass is 10.1. The molecule has 0 aliphatic rings. The fourth-order valence-electron chi connectivity index (χ4n) is 3.75. The zero-order valence-electron chi connectivity index (χ0n) is 16.6. The Hall–Kier alpha value is -2.83. The van der Waals surface area contributed by atoms with Gasteiger partial charge in [-0.25, -0.2) is 12.4 Å². The third-order valence-corrected chi connectivity index (χ3v) is 7.28. The van der Waals surface area contributed by atoms with E-state index >= 15 is 0 Å². The van der Waals surface area contributed by atoms with Crippen LogP contribution in [-0.4, -0.2) is 25.5 Å². The largest absolute Gasteiger partial charge is 0.469 e. The molecule has 0 aliphatic heterocycles. The van der Waals surface area contributed by atoms with Crippen LogP contribution in [-0.2, 0) is 26.0 Å². The normalized spacial score (nSPS) is 11.8. The summed E-state index contributed by atoms with van der Waals surface area (Å²) in [5, 5.41) is 2.75. The molecule has 0 N–H and O–H groups in total. The summed E-state index contributed by atoms with van der Waals surface area (Å²) in [6, 6.07) is 17.7. The third-order valence-electron chi connectivity index (χ3n) is 5.22. The number of esters is 1. The molecule has 0 fully saturated rings. The monoisotopic (exact) mass is 441 g/mol. The molecular formula is C23H20ClNO4S. The van der Waals surface area contributed by atoms with Gasteiger partial charge in [-0.2, -0.15) is 0 Å². The van der Waals surface area contributed by atoms with Gasteiger partial charge in [-0.1, -0.05) is 41.9 Å². The third kappa shape index (κ3) is 3.46. The predicted molar refractivity (Wildman–Crippen MR) is 119 cm³/mol. The number of carbonyl (C=O) groups excluding carboxylic acids is 1. The van der Waals surface area contributed by atoms with Crippen LogP contribution >= 0.6 is 11.6 Å². The summed E-state index contributed by atoms with van der Waals surface area (Å²) in [7, 11) is -2.63. The Balaban J connectivity index is 1.98. The molecule has 0 saturated carbocycles. The van der Waals surface area contributed by atoms with E-state index in [0.29, 0.717) is 27.0 Å². The fourth-order valence-corrected chi connectivity index (χ4v) is 5.70. The lowest BCUT2D eigenvalue weighted by Gasteiger charge is -2.15. The average molecular weight is 442 g/mol. The van der Waals surface area contributed by atoms with Gasteiger partial charge in [-0.15, -0.1) is 0 Å². The Morgan fingerprint density at radius 3 is 2.50 bits per heavy atom. The van der Waals surface area contributed by atoms with Crippen LogP contribution < -0.4 is 0 Å². The summed E-state index contributed by atoms with van der Waals surface area (Å²) < 4.78 is 33.8. The van der Waals surface area contributed by atoms with E-state index in [9.17, 15) is 13.2 Å². The van der Waals surface area contributed by atoms with Gasteiger partial charge in [0.25, 0.3) is 10.0 Å². The predicted octanol–water partition coefficient (Wildman–Crippen LogP) is 5.10. The highest BCUT2D eigenvalue weighted by Crippen LogP contribution is 2.32. The molecule has 0 amide bonds. The van der Waals surface area contributed by atoms with E-state index in [0.717, 1.165) is 10.9 Å². The van der Waals surface area contributed by atoms with Crippen molar-refractivity contribution in [2.75, 3.05) is 7.11 Å². The maximum atomic E-state index is 13.9. The van der Waals surface area contributed by atoms with Crippen LogP contribution in [0.3, 0.4) is 0 Å². The molecule has 154 valence electrons. The van der Waals surface area contributed by atoms with Crippen LogP contribution in [0.25, 0.3) is 21.7 Å². The summed E-state index contributed by atoms with van der Waals surface area (Å²) in [5.74, 6) is -0.400. The Labute approximate surface area is 179 Å². The van der Waals surface area contributed by atoms with Gasteiger partial charge in [0.15, 0.2) is 0 Å². The number of halogens is 1. The Morgan fingerprint density at radius 2 is 1.77 bits per heavy atom. The minimum atomic E-state index is -3.94. The molecule has 4 rings (SSSR count). The van der Waals surface area contributed by atoms with Gasteiger partial charge in [0.2, 0.25) is 0 Å². The molecule has 7 heteroatoms. The zero-order chi connectivity index (χ0) is 21.5. The Kier molecular flexibility index (Phi) is 5.30. The molecule has 3 aromatic carbocycles. The van der Waals surface area contributed by atoms with Crippen molar-refractivity contribution in [3.63, 3.8) is 0 Å². The number of fused-ring (bicyclic) bond motifs is 2. The van der Waals surface area contributed by atoms with Crippen LogP contribution in [0.5, 0.6) is 0 Å². The van der Waals surface area contributed by atoms with Crippen LogP contribution in [0.1, 0.15) is 17.7 Å². The number of methoxy groups -OCH3 is 1. The zero-order valence-corrected chi connectivity index (χ0v) is 18.1. The number of nitrogens with zero attached hydrogens (tertiary/aromatic N) is 1. The summed E-state index contributed by atoms with van der Waals surface area (Å²) in [4.78, 5) is 11.9. The van der Waals surface area contributed by atoms with Crippen molar-refractivity contribution >= 4 is 49.3 Å². The Bertz CT molecular complexity index is 1390. The summed E-state index contributed by atoms with van der Waals surface area (Å²) in [5.41, 5.74) is 2.02. The number of hydrogen-bond donors (Lipinski definition) is 0. The topological polar surface area (TPSA) is 65.4 Å². The van der Waals surface area contributed by atoms with E-state index in [1.807, 2.05) is 37.3 Å². The van der Waals surface area contributed by atoms with Crippen molar-refractivity contribution < 1.29 is 17.9 Å². The first kappa shape index (κ1) is 20.4. The molecule has 1 heterocycles. The fraction of sp³-hybridized carbons (Fsp3) is 0.174. The van der Waals surface area contributed by atoms with Crippen molar-refractivity contribution in [3.05, 3.63) is 76.9 Å². The van der Waals surface area contributed by atoms with E-state index in [1.165, 1.54) is 11.1 Å². The van der Waals surface area contributed by atoms with Crippen LogP contribution in [0.4, 0.5) is 0 Å². The highest BCUT2D eigenvalue weighted by atomic mass is 35.5. The second-order valence-corrected chi connectivity index (χ2v) is 9.30. The van der Waals surface area contributed by atoms with Crippen LogP contribution in [0.2, 0.25) is 5.02 Å². The van der Waals surface area contributed by atoms with E-state index < -0.39 is 16.0 Å². The van der Waals surface area contributed by atoms with Crippen molar-refractivity contribution in [2.24, 2.45) is 0 Å². The molecule has 0 saturated heterocycles. The van der Waals surface area contributed by atoms with Crippen molar-refractivity contribution in [2.45, 2.75) is 24.7 Å². The second kappa shape index (κ2) is 7.78. The lowest BCUT2D eigenvalue weighted by Crippen LogP contribution is -2.17. The molecule has 0 radical (unpaired) electrons. The van der Waals surface area contributed by atoms with Crippen LogP contribution in [0, 0.1) is 6.92 Å². The molecule has 1 aromatic heterocycles. The molecule has 5 nitrogen and oxygen atoms in total. The number of aromatic nitrogens is 1. The first-order valence-corrected chi connectivity index (χ1v) is 11.3. The number of ether oxygens (including phenoxy) is 1. The molecule has 0 unspecified atom stereocenters. The minimum absolute atomic E-state index is 0.0741. The van der Waals surface area contributed by atoms with E-state index in [-0.39, 0.29) is 17.7 Å². The summed E-state index contributed by atoms with van der Waals surface area (Å²) >= 11 is 6.12. The Morgan fingerprint density at radius 1 is 1.03 bits per heavy atom. The summed E-state index contributed by atoms with van der Waals surface area (Å²) in [6.07, 6.45) is 0.298. The van der Waals surface area contributed by atoms with Gasteiger partial charge in [0.1, 0.15) is 0 Å². The first-order valence-electron chi connectivity index (χ1n) is 9.43. The smallest absolute Gasteiger partial charge is 0.305 e. The maximum absolute atomic E-state index is 13.9. The molecule has 0 spiro atoms. The van der Waals surface area contributed by atoms with Gasteiger partial charge in [-0.3, -0.25) is 4.79 Å². The highest BCUT2D eigenvalue weighted by molar-refractivity contribution is 7.90. The first-order chi connectivity index (χ1) is 14.3. The van der Waals surface area contributed by atoms with Gasteiger partial charge in [-0.05, 0) is 54.6 Å². The van der Waals surface area contributed by atoms with E-state index in [1.54, 1.807) is 30.3 Å². The molecule has 0 bridgehead atoms.